The average Bonchev–Trinajstić information content (AvgIpc) is 3.23. The van der Waals surface area contributed by atoms with Crippen LogP contribution in [-0.2, 0) is 16.0 Å². The van der Waals surface area contributed by atoms with Gasteiger partial charge in [0.2, 0.25) is 5.95 Å². The van der Waals surface area contributed by atoms with Crippen molar-refractivity contribution in [1.29, 1.82) is 0 Å². The molecule has 0 bridgehead atoms. The molecule has 0 amide bonds. The third-order valence-corrected chi connectivity index (χ3v) is 7.19. The van der Waals surface area contributed by atoms with Crippen LogP contribution in [0.25, 0.3) is 10.9 Å². The maximum absolute atomic E-state index is 12.0. The molecule has 1 aliphatic heterocycles. The lowest BCUT2D eigenvalue weighted by atomic mass is 9.90. The van der Waals surface area contributed by atoms with E-state index < -0.39 is 11.3 Å². The number of nitrogens with zero attached hydrogens (tertiary/aromatic N) is 4. The largest absolute Gasteiger partial charge is 0.760 e. The Morgan fingerprint density at radius 3 is 2.76 bits per heavy atom. The van der Waals surface area contributed by atoms with Crippen LogP contribution in [0.3, 0.4) is 0 Å². The van der Waals surface area contributed by atoms with Crippen LogP contribution < -0.4 is 10.6 Å². The quantitative estimate of drug-likeness (QED) is 0.292. The molecule has 1 unspecified atom stereocenters. The molecule has 184 valence electrons. The number of para-hydroxylation sites is 1. The molecular formula is C23H32N7O3S-. The third-order valence-electron chi connectivity index (χ3n) is 6.25. The standard InChI is InChI=1S/C23H33N7O3S/c1-4-17-13-16(14-18(8-7-11-33-3)30(17)34(31)32)24-23-25-20-10-6-5-9-19(20)22(27-23)26-21-12-15(2)28-29-21/h5-6,9-10,12,16-18H,4,7-8,11,13-14H2,1-3H3,(H,31,32)(H3,24,25,26,27,28,29)/p-1/t16-,17-,18+/m1/s1. The first-order valence-corrected chi connectivity index (χ1v) is 12.7. The van der Waals surface area contributed by atoms with Crippen LogP contribution in [-0.4, -0.2) is 65.1 Å². The number of ether oxygens (including phenoxy) is 1. The summed E-state index contributed by atoms with van der Waals surface area (Å²) in [5.74, 6) is 1.87. The van der Waals surface area contributed by atoms with Gasteiger partial charge in [-0.2, -0.15) is 10.1 Å². The van der Waals surface area contributed by atoms with E-state index in [9.17, 15) is 8.76 Å². The van der Waals surface area contributed by atoms with Gasteiger partial charge >= 0.3 is 0 Å². The molecule has 0 spiro atoms. The molecule has 11 heteroatoms. The average molecular weight is 487 g/mol. The number of fused-ring (bicyclic) bond motifs is 1. The summed E-state index contributed by atoms with van der Waals surface area (Å²) in [6.07, 6.45) is 3.69. The predicted molar refractivity (Wildman–Crippen MR) is 133 cm³/mol. The van der Waals surface area contributed by atoms with E-state index in [1.165, 1.54) is 0 Å². The summed E-state index contributed by atoms with van der Waals surface area (Å²) < 4.78 is 30.9. The molecule has 0 aliphatic carbocycles. The SMILES string of the molecule is CC[C@@H]1C[C@@H](Nc2nc(Nc3cc(C)[nH]n3)c3ccccc3n2)C[C@H](CCCOC)N1S(=O)[O-]. The van der Waals surface area contributed by atoms with Crippen molar-refractivity contribution >= 4 is 39.8 Å². The Morgan fingerprint density at radius 2 is 2.06 bits per heavy atom. The molecule has 1 fully saturated rings. The Bertz CT molecular complexity index is 1120. The van der Waals surface area contributed by atoms with E-state index in [0.29, 0.717) is 37.0 Å². The molecule has 3 heterocycles. The van der Waals surface area contributed by atoms with Gasteiger partial charge < -0.3 is 19.9 Å². The fraction of sp³-hybridized carbons (Fsp3) is 0.522. The van der Waals surface area contributed by atoms with Crippen molar-refractivity contribution in [3.05, 3.63) is 36.0 Å². The van der Waals surface area contributed by atoms with E-state index in [1.807, 2.05) is 44.2 Å². The highest BCUT2D eigenvalue weighted by Gasteiger charge is 2.35. The van der Waals surface area contributed by atoms with Crippen LogP contribution in [0.2, 0.25) is 0 Å². The molecule has 1 aliphatic rings. The minimum absolute atomic E-state index is 0.0546. The molecule has 1 saturated heterocycles. The molecule has 1 aromatic carbocycles. The highest BCUT2D eigenvalue weighted by Crippen LogP contribution is 2.31. The zero-order valence-corrected chi connectivity index (χ0v) is 20.6. The molecule has 3 N–H and O–H groups in total. The molecule has 4 rings (SSSR count). The van der Waals surface area contributed by atoms with Crippen molar-refractivity contribution in [2.45, 2.75) is 64.1 Å². The molecule has 4 atom stereocenters. The second-order valence-electron chi connectivity index (χ2n) is 8.71. The summed E-state index contributed by atoms with van der Waals surface area (Å²) in [6.45, 7) is 4.58. The minimum Gasteiger partial charge on any atom is -0.760 e. The summed E-state index contributed by atoms with van der Waals surface area (Å²) in [4.78, 5) is 9.50. The number of aryl methyl sites for hydroxylation is 1. The van der Waals surface area contributed by atoms with E-state index in [0.717, 1.165) is 35.9 Å². The fourth-order valence-corrected chi connectivity index (χ4v) is 5.61. The van der Waals surface area contributed by atoms with Crippen LogP contribution in [0.1, 0.15) is 44.7 Å². The topological polar surface area (TPSA) is 131 Å². The van der Waals surface area contributed by atoms with E-state index in [1.54, 1.807) is 11.4 Å². The number of hydrogen-bond acceptors (Lipinski definition) is 8. The second-order valence-corrected chi connectivity index (χ2v) is 9.57. The number of aromatic amines is 1. The maximum Gasteiger partial charge on any atom is 0.225 e. The number of aromatic nitrogens is 4. The predicted octanol–water partition coefficient (Wildman–Crippen LogP) is 3.65. The second kappa shape index (κ2) is 11.2. The summed E-state index contributed by atoms with van der Waals surface area (Å²) in [7, 11) is 1.66. The monoisotopic (exact) mass is 486 g/mol. The Labute approximate surface area is 202 Å². The van der Waals surface area contributed by atoms with Gasteiger partial charge in [0.05, 0.1) is 5.52 Å². The number of H-pyrrole nitrogens is 1. The molecule has 10 nitrogen and oxygen atoms in total. The zero-order valence-electron chi connectivity index (χ0n) is 19.8. The minimum atomic E-state index is -2.26. The Hall–Kier alpha value is -2.60. The number of methoxy groups -OCH3 is 1. The van der Waals surface area contributed by atoms with Crippen LogP contribution in [0.15, 0.2) is 30.3 Å². The fourth-order valence-electron chi connectivity index (χ4n) is 4.70. The molecule has 0 saturated carbocycles. The van der Waals surface area contributed by atoms with Crippen molar-refractivity contribution in [3.63, 3.8) is 0 Å². The van der Waals surface area contributed by atoms with Crippen LogP contribution in [0.5, 0.6) is 0 Å². The van der Waals surface area contributed by atoms with Gasteiger partial charge in [-0.05, 0) is 51.2 Å². The molecule has 34 heavy (non-hydrogen) atoms. The van der Waals surface area contributed by atoms with Crippen LogP contribution in [0.4, 0.5) is 17.6 Å². The van der Waals surface area contributed by atoms with Gasteiger partial charge in [-0.1, -0.05) is 19.1 Å². The summed E-state index contributed by atoms with van der Waals surface area (Å²) >= 11 is -2.26. The number of nitrogens with one attached hydrogen (secondary N) is 3. The van der Waals surface area contributed by atoms with E-state index >= 15 is 0 Å². The van der Waals surface area contributed by atoms with Gasteiger partial charge in [-0.25, -0.2) is 9.29 Å². The lowest BCUT2D eigenvalue weighted by Gasteiger charge is -2.45. The van der Waals surface area contributed by atoms with Crippen molar-refractivity contribution in [1.82, 2.24) is 24.5 Å². The Balaban J connectivity index is 1.58. The van der Waals surface area contributed by atoms with Gasteiger partial charge in [-0.15, -0.1) is 0 Å². The molecule has 3 aromatic rings. The maximum atomic E-state index is 12.0. The van der Waals surface area contributed by atoms with Gasteiger partial charge in [0.15, 0.2) is 5.82 Å². The van der Waals surface area contributed by atoms with Crippen LogP contribution >= 0.6 is 0 Å². The summed E-state index contributed by atoms with van der Waals surface area (Å²) in [5, 5.41) is 14.9. The summed E-state index contributed by atoms with van der Waals surface area (Å²) in [6, 6.07) is 9.64. The lowest BCUT2D eigenvalue weighted by Crippen LogP contribution is -2.53. The van der Waals surface area contributed by atoms with Crippen molar-refractivity contribution in [2.24, 2.45) is 0 Å². The van der Waals surface area contributed by atoms with Gasteiger partial charge in [0, 0.05) is 60.3 Å². The van der Waals surface area contributed by atoms with Crippen molar-refractivity contribution in [3.8, 4) is 0 Å². The van der Waals surface area contributed by atoms with Gasteiger partial charge in [0.25, 0.3) is 0 Å². The van der Waals surface area contributed by atoms with E-state index in [-0.39, 0.29) is 18.1 Å². The number of benzene rings is 1. The van der Waals surface area contributed by atoms with E-state index in [2.05, 4.69) is 20.8 Å². The zero-order chi connectivity index (χ0) is 24.1. The lowest BCUT2D eigenvalue weighted by molar-refractivity contribution is 0.134. The number of rotatable bonds is 10. The highest BCUT2D eigenvalue weighted by atomic mass is 32.2. The van der Waals surface area contributed by atoms with Crippen molar-refractivity contribution < 1.29 is 13.5 Å². The number of hydrogen-bond donors (Lipinski definition) is 3. The molecule has 2 aromatic heterocycles. The van der Waals surface area contributed by atoms with E-state index in [4.69, 9.17) is 14.7 Å². The Morgan fingerprint density at radius 1 is 1.26 bits per heavy atom. The normalized spacial score (nSPS) is 22.1. The molecular weight excluding hydrogens is 454 g/mol. The molecule has 0 radical (unpaired) electrons. The van der Waals surface area contributed by atoms with Gasteiger partial charge in [0.1, 0.15) is 5.82 Å². The first-order valence-electron chi connectivity index (χ1n) is 11.7. The number of piperidine rings is 1. The summed E-state index contributed by atoms with van der Waals surface area (Å²) in [5.41, 5.74) is 1.77. The van der Waals surface area contributed by atoms with Crippen LogP contribution in [0, 0.1) is 6.92 Å². The third kappa shape index (κ3) is 5.72. The van der Waals surface area contributed by atoms with Crippen molar-refractivity contribution in [2.75, 3.05) is 24.4 Å². The first kappa shape index (κ1) is 24.5. The first-order chi connectivity index (χ1) is 16.5. The highest BCUT2D eigenvalue weighted by molar-refractivity contribution is 7.76. The van der Waals surface area contributed by atoms with Gasteiger partial charge in [-0.3, -0.25) is 9.31 Å². The number of anilines is 3. The smallest absolute Gasteiger partial charge is 0.225 e. The Kier molecular flexibility index (Phi) is 8.09.